The molecule has 1 amide bonds. The maximum absolute atomic E-state index is 13.4. The highest BCUT2D eigenvalue weighted by Crippen LogP contribution is 2.26. The first-order valence-electron chi connectivity index (χ1n) is 10.8. The van der Waals surface area contributed by atoms with Crippen LogP contribution in [0.3, 0.4) is 0 Å². The molecule has 6 nitrogen and oxygen atoms in total. The van der Waals surface area contributed by atoms with Crippen molar-refractivity contribution in [3.8, 4) is 5.75 Å². The van der Waals surface area contributed by atoms with Gasteiger partial charge in [0.2, 0.25) is 5.91 Å². The van der Waals surface area contributed by atoms with Crippen LogP contribution in [0.25, 0.3) is 0 Å². The number of nitrogens with zero attached hydrogens (tertiary/aromatic N) is 1. The molecule has 0 saturated carbocycles. The van der Waals surface area contributed by atoms with Crippen LogP contribution < -0.4 is 14.4 Å². The second-order valence-electron chi connectivity index (χ2n) is 7.65. The van der Waals surface area contributed by atoms with E-state index in [1.165, 1.54) is 12.1 Å². The predicted octanol–water partition coefficient (Wildman–Crippen LogP) is 5.86. The highest BCUT2D eigenvalue weighted by atomic mass is 79.9. The Morgan fingerprint density at radius 3 is 2.14 bits per heavy atom. The van der Waals surface area contributed by atoms with Gasteiger partial charge in [0, 0.05) is 10.2 Å². The molecule has 0 radical (unpaired) electrons. The van der Waals surface area contributed by atoms with Crippen molar-refractivity contribution >= 4 is 43.2 Å². The number of sulfonamides is 1. The summed E-state index contributed by atoms with van der Waals surface area (Å²) in [6.45, 7) is 0.0470. The minimum Gasteiger partial charge on any atom is -0.489 e. The fourth-order valence-electron chi connectivity index (χ4n) is 3.37. The normalized spacial score (nSPS) is 11.0. The van der Waals surface area contributed by atoms with E-state index in [0.29, 0.717) is 28.2 Å². The molecule has 0 heterocycles. The Labute approximate surface area is 213 Å². The summed E-state index contributed by atoms with van der Waals surface area (Å²) in [6.07, 6.45) is 0. The van der Waals surface area contributed by atoms with E-state index in [0.717, 1.165) is 9.87 Å². The highest BCUT2D eigenvalue weighted by Gasteiger charge is 2.27. The first kappa shape index (κ1) is 24.5. The number of benzene rings is 4. The van der Waals surface area contributed by atoms with Crippen LogP contribution in [-0.4, -0.2) is 20.9 Å². The van der Waals surface area contributed by atoms with Gasteiger partial charge in [-0.3, -0.25) is 9.10 Å². The van der Waals surface area contributed by atoms with Crippen molar-refractivity contribution in [2.24, 2.45) is 0 Å². The summed E-state index contributed by atoms with van der Waals surface area (Å²) in [5, 5.41) is 2.77. The number of carbonyl (C=O) groups excluding carboxylic acids is 1. The fraction of sp³-hybridized carbons (Fsp3) is 0.0741. The molecular weight excluding hydrogens is 528 g/mol. The lowest BCUT2D eigenvalue weighted by Crippen LogP contribution is -2.38. The number of ether oxygens (including phenoxy) is 1. The monoisotopic (exact) mass is 550 g/mol. The number of carbonyl (C=O) groups is 1. The lowest BCUT2D eigenvalue weighted by Gasteiger charge is -2.24. The van der Waals surface area contributed by atoms with Gasteiger partial charge in [-0.05, 0) is 60.2 Å². The third-order valence-electron chi connectivity index (χ3n) is 5.10. The molecule has 4 rings (SSSR count). The summed E-state index contributed by atoms with van der Waals surface area (Å²) in [5.74, 6) is 0.191. The smallest absolute Gasteiger partial charge is 0.264 e. The van der Waals surface area contributed by atoms with Crippen LogP contribution in [0.4, 0.5) is 11.4 Å². The minimum atomic E-state index is -3.97. The molecule has 0 atom stereocenters. The Morgan fingerprint density at radius 1 is 0.829 bits per heavy atom. The molecule has 0 aliphatic rings. The summed E-state index contributed by atoms with van der Waals surface area (Å²) in [6, 6.07) is 31.6. The summed E-state index contributed by atoms with van der Waals surface area (Å²) >= 11 is 3.37. The zero-order valence-electron chi connectivity index (χ0n) is 18.7. The zero-order valence-corrected chi connectivity index (χ0v) is 21.1. The van der Waals surface area contributed by atoms with Crippen molar-refractivity contribution in [3.05, 3.63) is 119 Å². The number of hydrogen-bond donors (Lipinski definition) is 1. The Balaban J connectivity index is 1.47. The molecule has 0 aromatic heterocycles. The number of hydrogen-bond acceptors (Lipinski definition) is 4. The maximum atomic E-state index is 13.4. The predicted molar refractivity (Wildman–Crippen MR) is 141 cm³/mol. The average molecular weight is 551 g/mol. The van der Waals surface area contributed by atoms with Gasteiger partial charge in [0.1, 0.15) is 18.9 Å². The van der Waals surface area contributed by atoms with Gasteiger partial charge >= 0.3 is 0 Å². The van der Waals surface area contributed by atoms with Crippen molar-refractivity contribution < 1.29 is 17.9 Å². The van der Waals surface area contributed by atoms with E-state index in [1.54, 1.807) is 66.7 Å². The van der Waals surface area contributed by atoms with Crippen LogP contribution in [0, 0.1) is 0 Å². The van der Waals surface area contributed by atoms with Crippen LogP contribution in [0.15, 0.2) is 119 Å². The lowest BCUT2D eigenvalue weighted by atomic mass is 10.2. The quantitative estimate of drug-likeness (QED) is 0.283. The number of rotatable bonds is 9. The van der Waals surface area contributed by atoms with Crippen LogP contribution in [0.2, 0.25) is 0 Å². The first-order chi connectivity index (χ1) is 16.9. The third-order valence-corrected chi connectivity index (χ3v) is 7.38. The van der Waals surface area contributed by atoms with E-state index in [2.05, 4.69) is 21.2 Å². The first-order valence-corrected chi connectivity index (χ1v) is 13.1. The fourth-order valence-corrected chi connectivity index (χ4v) is 5.19. The molecule has 0 aliphatic carbocycles. The molecule has 4 aromatic rings. The molecule has 0 spiro atoms. The van der Waals surface area contributed by atoms with Crippen molar-refractivity contribution in [2.75, 3.05) is 16.2 Å². The molecular formula is C27H23BrN2O4S. The van der Waals surface area contributed by atoms with Gasteiger partial charge in [-0.15, -0.1) is 0 Å². The van der Waals surface area contributed by atoms with E-state index in [-0.39, 0.29) is 11.4 Å². The molecule has 0 fully saturated rings. The highest BCUT2D eigenvalue weighted by molar-refractivity contribution is 9.10. The van der Waals surface area contributed by atoms with E-state index in [4.69, 9.17) is 4.74 Å². The average Bonchev–Trinajstić information content (AvgIpc) is 2.88. The summed E-state index contributed by atoms with van der Waals surface area (Å²) in [4.78, 5) is 13.0. The van der Waals surface area contributed by atoms with E-state index in [9.17, 15) is 13.2 Å². The van der Waals surface area contributed by atoms with Crippen LogP contribution in [0.5, 0.6) is 5.75 Å². The van der Waals surface area contributed by atoms with Crippen LogP contribution in [0.1, 0.15) is 5.56 Å². The molecule has 0 bridgehead atoms. The molecule has 8 heteroatoms. The van der Waals surface area contributed by atoms with Gasteiger partial charge in [0.05, 0.1) is 10.6 Å². The Kier molecular flexibility index (Phi) is 7.84. The van der Waals surface area contributed by atoms with Crippen LogP contribution >= 0.6 is 15.9 Å². The lowest BCUT2D eigenvalue weighted by molar-refractivity contribution is -0.114. The second kappa shape index (κ2) is 11.2. The van der Waals surface area contributed by atoms with Crippen LogP contribution in [-0.2, 0) is 21.4 Å². The van der Waals surface area contributed by atoms with Gasteiger partial charge < -0.3 is 10.1 Å². The zero-order chi connectivity index (χ0) is 24.7. The Hall–Kier alpha value is -3.62. The van der Waals surface area contributed by atoms with Gasteiger partial charge in [-0.1, -0.05) is 70.5 Å². The van der Waals surface area contributed by atoms with Gasteiger partial charge in [-0.2, -0.15) is 0 Å². The maximum Gasteiger partial charge on any atom is 0.264 e. The van der Waals surface area contributed by atoms with Crippen molar-refractivity contribution in [2.45, 2.75) is 11.5 Å². The molecule has 0 aliphatic heterocycles. The number of amides is 1. The summed E-state index contributed by atoms with van der Waals surface area (Å²) < 4.78 is 34.3. The summed E-state index contributed by atoms with van der Waals surface area (Å²) in [5.41, 5.74) is 1.97. The van der Waals surface area contributed by atoms with Crippen molar-refractivity contribution in [1.29, 1.82) is 0 Å². The number of halogens is 1. The minimum absolute atomic E-state index is 0.104. The van der Waals surface area contributed by atoms with E-state index < -0.39 is 15.9 Å². The molecule has 1 N–H and O–H groups in total. The van der Waals surface area contributed by atoms with Crippen molar-refractivity contribution in [1.82, 2.24) is 0 Å². The Bertz CT molecular complexity index is 1380. The molecule has 35 heavy (non-hydrogen) atoms. The van der Waals surface area contributed by atoms with Gasteiger partial charge in [0.15, 0.2) is 0 Å². The largest absolute Gasteiger partial charge is 0.489 e. The molecule has 178 valence electrons. The number of anilines is 2. The number of nitrogens with one attached hydrogen (secondary N) is 1. The molecule has 0 saturated heterocycles. The van der Waals surface area contributed by atoms with Gasteiger partial charge in [-0.25, -0.2) is 8.42 Å². The van der Waals surface area contributed by atoms with E-state index in [1.807, 2.05) is 30.3 Å². The van der Waals surface area contributed by atoms with Crippen molar-refractivity contribution in [3.63, 3.8) is 0 Å². The summed E-state index contributed by atoms with van der Waals surface area (Å²) in [7, 11) is -3.97. The second-order valence-corrected chi connectivity index (χ2v) is 10.4. The molecule has 0 unspecified atom stereocenters. The standard InChI is InChI=1S/C27H23BrN2O4S/c28-22-10-7-11-24(18-22)30(35(32,33)26-12-5-2-6-13-26)19-27(31)29-23-14-16-25(17-15-23)34-20-21-8-3-1-4-9-21/h1-18H,19-20H2,(H,29,31). The van der Waals surface area contributed by atoms with Gasteiger partial charge in [0.25, 0.3) is 10.0 Å². The van der Waals surface area contributed by atoms with E-state index >= 15 is 0 Å². The third kappa shape index (κ3) is 6.49. The SMILES string of the molecule is O=C(CN(c1cccc(Br)c1)S(=O)(=O)c1ccccc1)Nc1ccc(OCc2ccccc2)cc1. The Morgan fingerprint density at radius 2 is 1.49 bits per heavy atom. The molecule has 4 aromatic carbocycles. The topological polar surface area (TPSA) is 75.7 Å².